The fourth-order valence-electron chi connectivity index (χ4n) is 2.74. The van der Waals surface area contributed by atoms with Crippen LogP contribution in [0.1, 0.15) is 29.3 Å². The maximum absolute atomic E-state index is 11.6. The number of rotatable bonds is 9. The highest BCUT2D eigenvalue weighted by Gasteiger charge is 2.15. The summed E-state index contributed by atoms with van der Waals surface area (Å²) in [7, 11) is 0. The molecule has 8 heteroatoms. The van der Waals surface area contributed by atoms with Crippen LogP contribution in [0.5, 0.6) is 0 Å². The normalized spacial score (nSPS) is 11.7. The van der Waals surface area contributed by atoms with E-state index in [2.05, 4.69) is 25.6 Å². The molecule has 0 spiro atoms. The summed E-state index contributed by atoms with van der Waals surface area (Å²) in [6.45, 7) is 2.35. The monoisotopic (exact) mass is 392 g/mol. The number of aromatic nitrogens is 3. The van der Waals surface area contributed by atoms with E-state index in [4.69, 9.17) is 5.73 Å². The van der Waals surface area contributed by atoms with E-state index in [1.807, 2.05) is 49.4 Å². The van der Waals surface area contributed by atoms with Gasteiger partial charge in [0.1, 0.15) is 5.82 Å². The van der Waals surface area contributed by atoms with Crippen LogP contribution in [0.15, 0.2) is 54.9 Å². The van der Waals surface area contributed by atoms with Gasteiger partial charge in [0.05, 0.1) is 23.9 Å². The number of nitrogens with two attached hydrogens (primary N) is 1. The van der Waals surface area contributed by atoms with Crippen LogP contribution >= 0.6 is 0 Å². The third-order valence-electron chi connectivity index (χ3n) is 4.47. The van der Waals surface area contributed by atoms with Crippen molar-refractivity contribution in [2.45, 2.75) is 25.9 Å². The predicted molar refractivity (Wildman–Crippen MR) is 112 cm³/mol. The molecular formula is C21H24N6O2. The van der Waals surface area contributed by atoms with Crippen molar-refractivity contribution in [3.05, 3.63) is 66.0 Å². The summed E-state index contributed by atoms with van der Waals surface area (Å²) in [5.41, 5.74) is 8.59. The molecule has 0 fully saturated rings. The van der Waals surface area contributed by atoms with Gasteiger partial charge >= 0.3 is 0 Å². The standard InChI is InChI=1S/C21H24N6O2/c1-2-16(13-28)26-20-17(19(22)29)12-25-21(27-20)24-11-14-6-8-15(9-7-14)18-5-3-4-10-23-18/h3-10,12,16,28H,2,11,13H2,1H3,(H2,22,29)(H2,24,25,26,27)/t16-/m1/s1. The molecule has 1 amide bonds. The summed E-state index contributed by atoms with van der Waals surface area (Å²) in [6.07, 6.45) is 3.82. The molecule has 1 atom stereocenters. The zero-order valence-corrected chi connectivity index (χ0v) is 16.2. The number of hydrogen-bond donors (Lipinski definition) is 4. The number of primary amides is 1. The molecule has 0 unspecified atom stereocenters. The molecule has 0 aliphatic carbocycles. The fraction of sp³-hybridized carbons (Fsp3) is 0.238. The van der Waals surface area contributed by atoms with E-state index >= 15 is 0 Å². The molecule has 2 aromatic heterocycles. The van der Waals surface area contributed by atoms with E-state index in [1.165, 1.54) is 6.20 Å². The average Bonchev–Trinajstić information content (AvgIpc) is 2.77. The molecular weight excluding hydrogens is 368 g/mol. The van der Waals surface area contributed by atoms with Crippen LogP contribution in [-0.2, 0) is 6.54 Å². The first-order chi connectivity index (χ1) is 14.1. The molecule has 0 bridgehead atoms. The Morgan fingerprint density at radius 1 is 1.17 bits per heavy atom. The maximum Gasteiger partial charge on any atom is 0.254 e. The number of nitrogens with zero attached hydrogens (tertiary/aromatic N) is 3. The molecule has 8 nitrogen and oxygen atoms in total. The quantitative estimate of drug-likeness (QED) is 0.440. The minimum Gasteiger partial charge on any atom is -0.394 e. The predicted octanol–water partition coefficient (Wildman–Crippen LogP) is 2.43. The van der Waals surface area contributed by atoms with Gasteiger partial charge in [0.25, 0.3) is 5.91 Å². The number of hydrogen-bond acceptors (Lipinski definition) is 7. The van der Waals surface area contributed by atoms with Gasteiger partial charge in [-0.1, -0.05) is 37.3 Å². The number of aliphatic hydroxyl groups excluding tert-OH is 1. The van der Waals surface area contributed by atoms with E-state index < -0.39 is 5.91 Å². The van der Waals surface area contributed by atoms with Gasteiger partial charge in [0, 0.05) is 24.5 Å². The molecule has 1 aromatic carbocycles. The molecule has 3 rings (SSSR count). The second kappa shape index (κ2) is 9.61. The molecule has 0 radical (unpaired) electrons. The van der Waals surface area contributed by atoms with Crippen LogP contribution in [0.4, 0.5) is 11.8 Å². The minimum absolute atomic E-state index is 0.0793. The van der Waals surface area contributed by atoms with Crippen molar-refractivity contribution >= 4 is 17.7 Å². The van der Waals surface area contributed by atoms with Crippen LogP contribution < -0.4 is 16.4 Å². The Morgan fingerprint density at radius 3 is 2.59 bits per heavy atom. The van der Waals surface area contributed by atoms with E-state index in [1.54, 1.807) is 6.20 Å². The number of nitrogens with one attached hydrogen (secondary N) is 2. The Balaban J connectivity index is 1.70. The first kappa shape index (κ1) is 20.2. The van der Waals surface area contributed by atoms with Gasteiger partial charge in [-0.25, -0.2) is 4.98 Å². The van der Waals surface area contributed by atoms with Crippen LogP contribution in [0.25, 0.3) is 11.3 Å². The third-order valence-corrected chi connectivity index (χ3v) is 4.47. The smallest absolute Gasteiger partial charge is 0.254 e. The lowest BCUT2D eigenvalue weighted by Gasteiger charge is -2.17. The van der Waals surface area contributed by atoms with Crippen LogP contribution in [0.3, 0.4) is 0 Å². The fourth-order valence-corrected chi connectivity index (χ4v) is 2.74. The van der Waals surface area contributed by atoms with E-state index in [9.17, 15) is 9.90 Å². The molecule has 0 saturated heterocycles. The lowest BCUT2D eigenvalue weighted by atomic mass is 10.1. The maximum atomic E-state index is 11.6. The lowest BCUT2D eigenvalue weighted by molar-refractivity contribution is 0.100. The minimum atomic E-state index is -0.628. The lowest BCUT2D eigenvalue weighted by Crippen LogP contribution is -2.26. The van der Waals surface area contributed by atoms with Crippen LogP contribution in [-0.4, -0.2) is 38.6 Å². The van der Waals surface area contributed by atoms with Gasteiger partial charge < -0.3 is 21.5 Å². The summed E-state index contributed by atoms with van der Waals surface area (Å²) < 4.78 is 0. The first-order valence-electron chi connectivity index (χ1n) is 9.39. The van der Waals surface area contributed by atoms with Gasteiger partial charge in [-0.05, 0) is 24.1 Å². The molecule has 29 heavy (non-hydrogen) atoms. The van der Waals surface area contributed by atoms with E-state index in [0.717, 1.165) is 16.8 Å². The highest BCUT2D eigenvalue weighted by atomic mass is 16.3. The zero-order chi connectivity index (χ0) is 20.6. The molecule has 150 valence electrons. The van der Waals surface area contributed by atoms with Crippen molar-refractivity contribution in [1.82, 2.24) is 15.0 Å². The Labute approximate surface area is 169 Å². The summed E-state index contributed by atoms with van der Waals surface area (Å²) in [5, 5.41) is 15.6. The van der Waals surface area contributed by atoms with Crippen molar-refractivity contribution in [3.63, 3.8) is 0 Å². The van der Waals surface area contributed by atoms with Crippen LogP contribution in [0, 0.1) is 0 Å². The summed E-state index contributed by atoms with van der Waals surface area (Å²) in [5.74, 6) is 0.0393. The Kier molecular flexibility index (Phi) is 6.70. The second-order valence-corrected chi connectivity index (χ2v) is 6.52. The Bertz CT molecular complexity index is 943. The van der Waals surface area contributed by atoms with Gasteiger partial charge in [0.2, 0.25) is 5.95 Å². The number of aliphatic hydroxyl groups is 1. The van der Waals surface area contributed by atoms with Crippen molar-refractivity contribution < 1.29 is 9.90 Å². The highest BCUT2D eigenvalue weighted by Crippen LogP contribution is 2.18. The SMILES string of the molecule is CC[C@H](CO)Nc1nc(NCc2ccc(-c3ccccn3)cc2)ncc1C(N)=O. The van der Waals surface area contributed by atoms with E-state index in [0.29, 0.717) is 24.7 Å². The molecule has 2 heterocycles. The third kappa shape index (κ3) is 5.26. The number of pyridine rings is 1. The number of amides is 1. The van der Waals surface area contributed by atoms with Crippen LogP contribution in [0.2, 0.25) is 0 Å². The van der Waals surface area contributed by atoms with Crippen molar-refractivity contribution in [3.8, 4) is 11.3 Å². The Hall–Kier alpha value is -3.52. The zero-order valence-electron chi connectivity index (χ0n) is 16.2. The van der Waals surface area contributed by atoms with Crippen molar-refractivity contribution in [2.75, 3.05) is 17.2 Å². The largest absolute Gasteiger partial charge is 0.394 e. The van der Waals surface area contributed by atoms with Crippen molar-refractivity contribution in [2.24, 2.45) is 5.73 Å². The Morgan fingerprint density at radius 2 is 1.97 bits per heavy atom. The summed E-state index contributed by atoms with van der Waals surface area (Å²) >= 11 is 0. The van der Waals surface area contributed by atoms with Gasteiger partial charge in [-0.15, -0.1) is 0 Å². The van der Waals surface area contributed by atoms with Gasteiger partial charge in [-0.3, -0.25) is 9.78 Å². The molecule has 5 N–H and O–H groups in total. The van der Waals surface area contributed by atoms with E-state index in [-0.39, 0.29) is 18.2 Å². The highest BCUT2D eigenvalue weighted by molar-refractivity contribution is 5.97. The number of carbonyl (C=O) groups excluding carboxylic acids is 1. The number of carbonyl (C=O) groups is 1. The second-order valence-electron chi connectivity index (χ2n) is 6.52. The molecule has 0 aliphatic rings. The molecule has 0 aliphatic heterocycles. The molecule has 3 aromatic rings. The number of anilines is 2. The first-order valence-corrected chi connectivity index (χ1v) is 9.39. The summed E-state index contributed by atoms with van der Waals surface area (Å²) in [6, 6.07) is 13.6. The van der Waals surface area contributed by atoms with Crippen molar-refractivity contribution in [1.29, 1.82) is 0 Å². The topological polar surface area (TPSA) is 126 Å². The molecule has 0 saturated carbocycles. The average molecular weight is 392 g/mol. The summed E-state index contributed by atoms with van der Waals surface area (Å²) in [4.78, 5) is 24.5. The number of benzene rings is 1. The van der Waals surface area contributed by atoms with Gasteiger partial charge in [0.15, 0.2) is 0 Å². The van der Waals surface area contributed by atoms with Gasteiger partial charge in [-0.2, -0.15) is 4.98 Å².